The molecule has 0 saturated carbocycles. The van der Waals surface area contributed by atoms with Crippen LogP contribution in [0.15, 0.2) is 24.3 Å². The summed E-state index contributed by atoms with van der Waals surface area (Å²) in [5.41, 5.74) is -0.890. The van der Waals surface area contributed by atoms with Crippen molar-refractivity contribution in [2.45, 2.75) is 6.18 Å². The lowest BCUT2D eigenvalue weighted by atomic mass is 10.2. The molecular weight excluding hydrogens is 319 g/mol. The molecule has 0 heterocycles. The van der Waals surface area contributed by atoms with Crippen molar-refractivity contribution in [1.82, 2.24) is 9.21 Å². The van der Waals surface area contributed by atoms with Gasteiger partial charge in [-0.1, -0.05) is 6.07 Å². The number of nitrogens with zero attached hydrogens (tertiary/aromatic N) is 3. The van der Waals surface area contributed by atoms with Gasteiger partial charge in [0.05, 0.1) is 11.3 Å². The lowest BCUT2D eigenvalue weighted by molar-refractivity contribution is -0.137. The summed E-state index contributed by atoms with van der Waals surface area (Å²) in [6, 6.07) is 4.31. The van der Waals surface area contributed by atoms with E-state index in [1.165, 1.54) is 26.2 Å². The second kappa shape index (κ2) is 6.84. The zero-order valence-electron chi connectivity index (χ0n) is 12.9. The van der Waals surface area contributed by atoms with Gasteiger partial charge >= 0.3 is 16.4 Å². The molecule has 0 radical (unpaired) electrons. The van der Waals surface area contributed by atoms with E-state index in [1.807, 2.05) is 0 Å². The molecule has 0 N–H and O–H groups in total. The first-order valence-electron chi connectivity index (χ1n) is 6.48. The van der Waals surface area contributed by atoms with Gasteiger partial charge in [-0.3, -0.25) is 4.31 Å². The molecule has 9 heteroatoms. The van der Waals surface area contributed by atoms with Gasteiger partial charge in [-0.25, -0.2) is 0 Å². The SMILES string of the molecule is CN(C)CCN(c1cccc(C(F)(F)F)c1)S(=O)(=O)N(C)C. The first kappa shape index (κ1) is 18.7. The first-order valence-corrected chi connectivity index (χ1v) is 7.88. The molecule has 0 bridgehead atoms. The molecule has 126 valence electrons. The Morgan fingerprint density at radius 3 is 2.09 bits per heavy atom. The van der Waals surface area contributed by atoms with Gasteiger partial charge in [-0.2, -0.15) is 25.9 Å². The minimum atomic E-state index is -4.52. The quantitative estimate of drug-likeness (QED) is 0.795. The van der Waals surface area contributed by atoms with E-state index in [4.69, 9.17) is 0 Å². The summed E-state index contributed by atoms with van der Waals surface area (Å²) >= 11 is 0. The van der Waals surface area contributed by atoms with Crippen molar-refractivity contribution in [1.29, 1.82) is 0 Å². The standard InChI is InChI=1S/C13H20F3N3O2S/c1-17(2)8-9-19(22(20,21)18(3)4)12-7-5-6-11(10-12)13(14,15)16/h5-7,10H,8-9H2,1-4H3. The van der Waals surface area contributed by atoms with E-state index in [0.29, 0.717) is 6.54 Å². The average molecular weight is 339 g/mol. The van der Waals surface area contributed by atoms with Gasteiger partial charge in [0.15, 0.2) is 0 Å². The largest absolute Gasteiger partial charge is 0.416 e. The Hall–Kier alpha value is -1.32. The van der Waals surface area contributed by atoms with Gasteiger partial charge in [-0.05, 0) is 32.3 Å². The Bertz CT molecular complexity index is 601. The molecule has 1 aromatic rings. The summed E-state index contributed by atoms with van der Waals surface area (Å²) < 4.78 is 65.1. The van der Waals surface area contributed by atoms with E-state index >= 15 is 0 Å². The number of hydrogen-bond acceptors (Lipinski definition) is 3. The molecule has 0 unspecified atom stereocenters. The fourth-order valence-electron chi connectivity index (χ4n) is 1.70. The molecule has 1 aromatic carbocycles. The number of alkyl halides is 3. The fraction of sp³-hybridized carbons (Fsp3) is 0.538. The maximum Gasteiger partial charge on any atom is 0.416 e. The van der Waals surface area contributed by atoms with Gasteiger partial charge in [0.2, 0.25) is 0 Å². The summed E-state index contributed by atoms with van der Waals surface area (Å²) in [4.78, 5) is 1.76. The zero-order valence-corrected chi connectivity index (χ0v) is 13.7. The topological polar surface area (TPSA) is 43.9 Å². The summed E-state index contributed by atoms with van der Waals surface area (Å²) in [5, 5.41) is 0. The number of hydrogen-bond donors (Lipinski definition) is 0. The molecule has 0 aliphatic heterocycles. The number of rotatable bonds is 6. The summed E-state index contributed by atoms with van der Waals surface area (Å²) in [5.74, 6) is 0. The van der Waals surface area contributed by atoms with Crippen LogP contribution in [0.1, 0.15) is 5.56 Å². The Balaban J connectivity index is 3.28. The van der Waals surface area contributed by atoms with Crippen LogP contribution >= 0.6 is 0 Å². The summed E-state index contributed by atoms with van der Waals surface area (Å²) in [6.45, 7) is 0.429. The highest BCUT2D eigenvalue weighted by molar-refractivity contribution is 7.90. The highest BCUT2D eigenvalue weighted by Crippen LogP contribution is 2.32. The molecule has 0 atom stereocenters. The lowest BCUT2D eigenvalue weighted by Crippen LogP contribution is -2.43. The van der Waals surface area contributed by atoms with Crippen LogP contribution in [0.3, 0.4) is 0 Å². The van der Waals surface area contributed by atoms with Crippen LogP contribution in [0.2, 0.25) is 0 Å². The van der Waals surface area contributed by atoms with Gasteiger partial charge in [0, 0.05) is 27.2 Å². The molecule has 0 aliphatic carbocycles. The van der Waals surface area contributed by atoms with Crippen molar-refractivity contribution in [3.8, 4) is 0 Å². The van der Waals surface area contributed by atoms with Crippen LogP contribution in [-0.2, 0) is 16.4 Å². The maximum absolute atomic E-state index is 12.8. The predicted octanol–water partition coefficient (Wildman–Crippen LogP) is 1.88. The third-order valence-electron chi connectivity index (χ3n) is 2.95. The highest BCUT2D eigenvalue weighted by Gasteiger charge is 2.32. The molecule has 5 nitrogen and oxygen atoms in total. The molecular formula is C13H20F3N3O2S. The second-order valence-electron chi connectivity index (χ2n) is 5.21. The van der Waals surface area contributed by atoms with E-state index in [2.05, 4.69) is 0 Å². The number of anilines is 1. The van der Waals surface area contributed by atoms with E-state index in [0.717, 1.165) is 20.7 Å². The van der Waals surface area contributed by atoms with Crippen LogP contribution in [0.25, 0.3) is 0 Å². The molecule has 0 aliphatic rings. The van der Waals surface area contributed by atoms with Crippen molar-refractivity contribution in [2.75, 3.05) is 45.6 Å². The minimum absolute atomic E-state index is 0.00891. The Morgan fingerprint density at radius 1 is 1.05 bits per heavy atom. The summed E-state index contributed by atoms with van der Waals surface area (Å²) in [6.07, 6.45) is -4.52. The van der Waals surface area contributed by atoms with Crippen molar-refractivity contribution >= 4 is 15.9 Å². The number of likely N-dealkylation sites (N-methyl/N-ethyl adjacent to an activating group) is 1. The first-order chi connectivity index (χ1) is 9.96. The van der Waals surface area contributed by atoms with E-state index in [9.17, 15) is 21.6 Å². The normalized spacial score (nSPS) is 13.0. The van der Waals surface area contributed by atoms with Gasteiger partial charge < -0.3 is 4.90 Å². The highest BCUT2D eigenvalue weighted by atomic mass is 32.2. The van der Waals surface area contributed by atoms with Crippen LogP contribution in [-0.4, -0.2) is 58.9 Å². The van der Waals surface area contributed by atoms with Gasteiger partial charge in [-0.15, -0.1) is 0 Å². The monoisotopic (exact) mass is 339 g/mol. The average Bonchev–Trinajstić information content (AvgIpc) is 2.37. The minimum Gasteiger partial charge on any atom is -0.308 e. The second-order valence-corrected chi connectivity index (χ2v) is 7.28. The van der Waals surface area contributed by atoms with Crippen LogP contribution < -0.4 is 4.31 Å². The van der Waals surface area contributed by atoms with E-state index < -0.39 is 21.9 Å². The molecule has 0 saturated heterocycles. The zero-order chi connectivity index (χ0) is 17.1. The molecule has 0 fully saturated rings. The van der Waals surface area contributed by atoms with E-state index in [1.54, 1.807) is 19.0 Å². The molecule has 1 rings (SSSR count). The van der Waals surface area contributed by atoms with Gasteiger partial charge in [0.25, 0.3) is 0 Å². The van der Waals surface area contributed by atoms with Crippen LogP contribution in [0, 0.1) is 0 Å². The van der Waals surface area contributed by atoms with Crippen molar-refractivity contribution in [3.63, 3.8) is 0 Å². The molecule has 0 aromatic heterocycles. The summed E-state index contributed by atoms with van der Waals surface area (Å²) in [7, 11) is 2.31. The predicted molar refractivity (Wildman–Crippen MR) is 80.0 cm³/mol. The van der Waals surface area contributed by atoms with Crippen molar-refractivity contribution in [3.05, 3.63) is 29.8 Å². The van der Waals surface area contributed by atoms with Crippen molar-refractivity contribution < 1.29 is 21.6 Å². The smallest absolute Gasteiger partial charge is 0.308 e. The maximum atomic E-state index is 12.8. The Labute approximate surface area is 129 Å². The third kappa shape index (κ3) is 4.59. The molecule has 0 spiro atoms. The third-order valence-corrected chi connectivity index (χ3v) is 4.83. The Morgan fingerprint density at radius 2 is 1.64 bits per heavy atom. The van der Waals surface area contributed by atoms with Gasteiger partial charge in [0.1, 0.15) is 0 Å². The lowest BCUT2D eigenvalue weighted by Gasteiger charge is -2.29. The van der Waals surface area contributed by atoms with Crippen molar-refractivity contribution in [2.24, 2.45) is 0 Å². The van der Waals surface area contributed by atoms with Crippen LogP contribution in [0.4, 0.5) is 18.9 Å². The number of halogens is 3. The molecule has 0 amide bonds. The molecule has 22 heavy (non-hydrogen) atoms. The Kier molecular flexibility index (Phi) is 5.82. The van der Waals surface area contributed by atoms with E-state index in [-0.39, 0.29) is 12.2 Å². The fourth-order valence-corrected chi connectivity index (χ4v) is 2.79. The van der Waals surface area contributed by atoms with Crippen LogP contribution in [0.5, 0.6) is 0 Å². The number of benzene rings is 1.